The number of sulfonamides is 1. The van der Waals surface area contributed by atoms with Crippen molar-refractivity contribution in [1.82, 2.24) is 9.29 Å². The zero-order valence-electron chi connectivity index (χ0n) is 20.4. The largest absolute Gasteiger partial charge is 0.497 e. The van der Waals surface area contributed by atoms with E-state index in [-0.39, 0.29) is 29.3 Å². The van der Waals surface area contributed by atoms with Crippen LogP contribution in [0, 0.1) is 0 Å². The quantitative estimate of drug-likeness (QED) is 0.334. The van der Waals surface area contributed by atoms with Crippen molar-refractivity contribution in [2.24, 2.45) is 0 Å². The molecule has 0 saturated carbocycles. The number of pyridine rings is 1. The predicted molar refractivity (Wildman–Crippen MR) is 140 cm³/mol. The molecule has 4 aromatic rings. The Kier molecular flexibility index (Phi) is 7.37. The van der Waals surface area contributed by atoms with Crippen LogP contribution in [-0.4, -0.2) is 30.6 Å². The van der Waals surface area contributed by atoms with Crippen molar-refractivity contribution in [3.63, 3.8) is 0 Å². The molecule has 0 aliphatic carbocycles. The number of hydrogen-bond donors (Lipinski definition) is 1. The number of ether oxygens (including phenoxy) is 1. The lowest BCUT2D eigenvalue weighted by Crippen LogP contribution is -2.32. The van der Waals surface area contributed by atoms with Crippen LogP contribution in [0.15, 0.2) is 82.5 Å². The van der Waals surface area contributed by atoms with Crippen LogP contribution in [0.2, 0.25) is 0 Å². The number of benzene rings is 3. The molecular formula is C28H28N2O5S. The second-order valence-electron chi connectivity index (χ2n) is 8.60. The van der Waals surface area contributed by atoms with Gasteiger partial charge in [-0.2, -0.15) is 4.31 Å². The van der Waals surface area contributed by atoms with Crippen LogP contribution in [0.4, 0.5) is 0 Å². The summed E-state index contributed by atoms with van der Waals surface area (Å²) in [6, 6.07) is 20.5. The van der Waals surface area contributed by atoms with E-state index in [0.29, 0.717) is 22.4 Å². The summed E-state index contributed by atoms with van der Waals surface area (Å²) in [7, 11) is -2.44. The van der Waals surface area contributed by atoms with Crippen molar-refractivity contribution in [3.8, 4) is 5.75 Å². The van der Waals surface area contributed by atoms with Gasteiger partial charge in [-0.05, 0) is 72.3 Å². The van der Waals surface area contributed by atoms with Crippen LogP contribution in [0.25, 0.3) is 10.9 Å². The van der Waals surface area contributed by atoms with Crippen LogP contribution < -0.4 is 10.3 Å². The number of rotatable bonds is 9. The molecule has 0 fully saturated rings. The third-order valence-corrected chi connectivity index (χ3v) is 7.96. The number of fused-ring (bicyclic) bond motifs is 1. The van der Waals surface area contributed by atoms with E-state index in [9.17, 15) is 18.0 Å². The molecule has 0 unspecified atom stereocenters. The fourth-order valence-corrected chi connectivity index (χ4v) is 5.41. The molecule has 4 rings (SSSR count). The Labute approximate surface area is 210 Å². The monoisotopic (exact) mass is 504 g/mol. The maximum atomic E-state index is 13.7. The average Bonchev–Trinajstić information content (AvgIpc) is 2.88. The summed E-state index contributed by atoms with van der Waals surface area (Å²) in [5.74, 6) is 0.508. The Morgan fingerprint density at radius 3 is 2.19 bits per heavy atom. The van der Waals surface area contributed by atoms with Crippen LogP contribution in [-0.2, 0) is 29.5 Å². The summed E-state index contributed by atoms with van der Waals surface area (Å²) in [4.78, 5) is 27.5. The molecule has 0 saturated heterocycles. The van der Waals surface area contributed by atoms with E-state index in [0.717, 1.165) is 22.9 Å². The molecule has 1 aromatic heterocycles. The molecule has 186 valence electrons. The minimum Gasteiger partial charge on any atom is -0.497 e. The third-order valence-electron chi connectivity index (χ3n) is 6.16. The topological polar surface area (TPSA) is 96.5 Å². The number of aryl methyl sites for hydroxylation is 1. The average molecular weight is 505 g/mol. The number of aromatic nitrogens is 1. The standard InChI is InChI=1S/C28H28N2O5S/c1-4-20-7-14-27-23(15-20)16-24(28(32)29-27)18-30(17-21-5-10-25(35-3)11-6-21)36(33,34)26-12-8-22(9-13-26)19(2)31/h5-16H,4,17-18H2,1-3H3,(H,29,32). The Balaban J connectivity index is 1.76. The Hall–Kier alpha value is -3.75. The number of hydrogen-bond acceptors (Lipinski definition) is 5. The first-order valence-electron chi connectivity index (χ1n) is 11.6. The molecule has 1 N–H and O–H groups in total. The highest BCUT2D eigenvalue weighted by atomic mass is 32.2. The number of carbonyl (C=O) groups excluding carboxylic acids is 1. The molecule has 36 heavy (non-hydrogen) atoms. The molecule has 0 amide bonds. The summed E-state index contributed by atoms with van der Waals surface area (Å²) < 4.78 is 33.9. The van der Waals surface area contributed by atoms with Crippen molar-refractivity contribution in [3.05, 3.63) is 105 Å². The number of carbonyl (C=O) groups is 1. The second kappa shape index (κ2) is 10.5. The number of ketones is 1. The molecule has 0 atom stereocenters. The molecule has 8 heteroatoms. The van der Waals surface area contributed by atoms with Crippen molar-refractivity contribution in [2.75, 3.05) is 7.11 Å². The van der Waals surface area contributed by atoms with Gasteiger partial charge < -0.3 is 9.72 Å². The summed E-state index contributed by atoms with van der Waals surface area (Å²) in [5.41, 5.74) is 2.99. The first-order valence-corrected chi connectivity index (χ1v) is 13.0. The summed E-state index contributed by atoms with van der Waals surface area (Å²) in [6.07, 6.45) is 0.846. The third kappa shape index (κ3) is 5.40. The SMILES string of the molecule is CCc1ccc2[nH]c(=O)c(CN(Cc3ccc(OC)cc3)S(=O)(=O)c3ccc(C(C)=O)cc3)cc2c1. The Morgan fingerprint density at radius 1 is 0.917 bits per heavy atom. The van der Waals surface area contributed by atoms with Gasteiger partial charge in [0, 0.05) is 29.7 Å². The first-order chi connectivity index (χ1) is 17.2. The zero-order valence-corrected chi connectivity index (χ0v) is 21.3. The van der Waals surface area contributed by atoms with Gasteiger partial charge in [-0.3, -0.25) is 9.59 Å². The van der Waals surface area contributed by atoms with Gasteiger partial charge in [-0.1, -0.05) is 37.3 Å². The van der Waals surface area contributed by atoms with Gasteiger partial charge >= 0.3 is 0 Å². The number of nitrogens with zero attached hydrogens (tertiary/aromatic N) is 1. The molecule has 0 bridgehead atoms. The highest BCUT2D eigenvalue weighted by molar-refractivity contribution is 7.89. The van der Waals surface area contributed by atoms with Gasteiger partial charge in [-0.15, -0.1) is 0 Å². The smallest absolute Gasteiger partial charge is 0.252 e. The van der Waals surface area contributed by atoms with E-state index < -0.39 is 10.0 Å². The molecule has 0 aliphatic rings. The minimum absolute atomic E-state index is 0.0477. The Morgan fingerprint density at radius 2 is 1.58 bits per heavy atom. The summed E-state index contributed by atoms with van der Waals surface area (Å²) in [6.45, 7) is 3.40. The molecular weight excluding hydrogens is 476 g/mol. The van der Waals surface area contributed by atoms with E-state index in [1.54, 1.807) is 37.4 Å². The summed E-state index contributed by atoms with van der Waals surface area (Å²) >= 11 is 0. The van der Waals surface area contributed by atoms with E-state index >= 15 is 0 Å². The zero-order chi connectivity index (χ0) is 25.9. The lowest BCUT2D eigenvalue weighted by Gasteiger charge is -2.23. The van der Waals surface area contributed by atoms with Crippen LogP contribution in [0.1, 0.15) is 40.9 Å². The van der Waals surface area contributed by atoms with Gasteiger partial charge in [0.25, 0.3) is 5.56 Å². The highest BCUT2D eigenvalue weighted by Crippen LogP contribution is 2.23. The fraction of sp³-hybridized carbons (Fsp3) is 0.214. The maximum Gasteiger partial charge on any atom is 0.252 e. The van der Waals surface area contributed by atoms with Crippen LogP contribution in [0.5, 0.6) is 5.75 Å². The lowest BCUT2D eigenvalue weighted by atomic mass is 10.1. The van der Waals surface area contributed by atoms with Gasteiger partial charge in [0.1, 0.15) is 5.75 Å². The van der Waals surface area contributed by atoms with Crippen molar-refractivity contribution >= 4 is 26.7 Å². The number of aromatic amines is 1. The van der Waals surface area contributed by atoms with Crippen LogP contribution >= 0.6 is 0 Å². The number of nitrogens with one attached hydrogen (secondary N) is 1. The van der Waals surface area contributed by atoms with E-state index in [1.807, 2.05) is 25.1 Å². The molecule has 0 aliphatic heterocycles. The highest BCUT2D eigenvalue weighted by Gasteiger charge is 2.26. The fourth-order valence-electron chi connectivity index (χ4n) is 4.00. The molecule has 0 radical (unpaired) electrons. The van der Waals surface area contributed by atoms with E-state index in [2.05, 4.69) is 4.98 Å². The minimum atomic E-state index is -4.00. The van der Waals surface area contributed by atoms with Crippen molar-refractivity contribution < 1.29 is 17.9 Å². The van der Waals surface area contributed by atoms with Crippen molar-refractivity contribution in [1.29, 1.82) is 0 Å². The first kappa shape index (κ1) is 25.3. The molecule has 3 aromatic carbocycles. The number of H-pyrrole nitrogens is 1. The van der Waals surface area contributed by atoms with Crippen molar-refractivity contribution in [2.45, 2.75) is 38.3 Å². The second-order valence-corrected chi connectivity index (χ2v) is 10.5. The molecule has 1 heterocycles. The van der Waals surface area contributed by atoms with E-state index in [1.165, 1.54) is 35.5 Å². The normalized spacial score (nSPS) is 11.7. The van der Waals surface area contributed by atoms with Gasteiger partial charge in [0.15, 0.2) is 5.78 Å². The molecule has 0 spiro atoms. The summed E-state index contributed by atoms with van der Waals surface area (Å²) in [5, 5.41) is 0.844. The number of methoxy groups -OCH3 is 1. The molecule has 7 nitrogen and oxygen atoms in total. The number of Topliss-reactive ketones (excluding diaryl/α,β-unsaturated/α-hetero) is 1. The van der Waals surface area contributed by atoms with Crippen LogP contribution in [0.3, 0.4) is 0 Å². The predicted octanol–water partition coefficient (Wildman–Crippen LogP) is 4.69. The lowest BCUT2D eigenvalue weighted by molar-refractivity contribution is 0.101. The Bertz CT molecular complexity index is 1560. The van der Waals surface area contributed by atoms with Gasteiger partial charge in [-0.25, -0.2) is 8.42 Å². The van der Waals surface area contributed by atoms with Gasteiger partial charge in [0.2, 0.25) is 10.0 Å². The van der Waals surface area contributed by atoms with Gasteiger partial charge in [0.05, 0.1) is 12.0 Å². The van der Waals surface area contributed by atoms with E-state index in [4.69, 9.17) is 4.74 Å². The maximum absolute atomic E-state index is 13.7.